The number of rotatable bonds is 5. The molecule has 2 aliphatic rings. The van der Waals surface area contributed by atoms with Crippen molar-refractivity contribution in [2.75, 3.05) is 39.8 Å². The first kappa shape index (κ1) is 19.1. The number of piperazine rings is 1. The van der Waals surface area contributed by atoms with Gasteiger partial charge < -0.3 is 9.64 Å². The number of carbonyl (C=O) groups excluding carboxylic acids is 3. The molecule has 0 atom stereocenters. The predicted molar refractivity (Wildman–Crippen MR) is 107 cm³/mol. The Bertz CT molecular complexity index is 898. The van der Waals surface area contributed by atoms with E-state index in [4.69, 9.17) is 4.74 Å². The third-order valence-corrected chi connectivity index (χ3v) is 5.46. The molecule has 0 aliphatic carbocycles. The standard InChI is InChI=1S/C22H23N3O4/c1-29-17-8-6-16(7-9-17)14-23-10-12-24(13-11-23)20(26)15-25-21(27)18-4-2-3-5-19(18)22(25)28/h2-9H,10-15H2,1H3. The number of hydrogen-bond donors (Lipinski definition) is 0. The molecule has 2 heterocycles. The first-order valence-corrected chi connectivity index (χ1v) is 9.65. The molecule has 0 spiro atoms. The number of ether oxygens (including phenoxy) is 1. The molecular formula is C22H23N3O4. The van der Waals surface area contributed by atoms with E-state index in [0.29, 0.717) is 24.2 Å². The van der Waals surface area contributed by atoms with Crippen LogP contribution in [0.3, 0.4) is 0 Å². The van der Waals surface area contributed by atoms with Crippen LogP contribution in [0.2, 0.25) is 0 Å². The monoisotopic (exact) mass is 393 g/mol. The van der Waals surface area contributed by atoms with Gasteiger partial charge in [-0.2, -0.15) is 0 Å². The van der Waals surface area contributed by atoms with E-state index in [9.17, 15) is 14.4 Å². The summed E-state index contributed by atoms with van der Waals surface area (Å²) in [6.07, 6.45) is 0. The van der Waals surface area contributed by atoms with Crippen LogP contribution in [-0.2, 0) is 11.3 Å². The van der Waals surface area contributed by atoms with Crippen LogP contribution >= 0.6 is 0 Å². The van der Waals surface area contributed by atoms with Crippen molar-refractivity contribution >= 4 is 17.7 Å². The molecular weight excluding hydrogens is 370 g/mol. The molecule has 2 aromatic rings. The largest absolute Gasteiger partial charge is 0.497 e. The Morgan fingerprint density at radius 3 is 2.03 bits per heavy atom. The quantitative estimate of drug-likeness (QED) is 0.723. The fourth-order valence-corrected chi connectivity index (χ4v) is 3.76. The molecule has 7 heteroatoms. The van der Waals surface area contributed by atoms with Crippen LogP contribution in [0.25, 0.3) is 0 Å². The second-order valence-electron chi connectivity index (χ2n) is 7.25. The lowest BCUT2D eigenvalue weighted by Crippen LogP contribution is -2.51. The molecule has 2 aliphatic heterocycles. The van der Waals surface area contributed by atoms with Crippen LogP contribution in [0.1, 0.15) is 26.3 Å². The minimum absolute atomic E-state index is 0.191. The average Bonchev–Trinajstić information content (AvgIpc) is 3.00. The Kier molecular flexibility index (Phi) is 5.31. The van der Waals surface area contributed by atoms with Crippen LogP contribution in [0.4, 0.5) is 0 Å². The summed E-state index contributed by atoms with van der Waals surface area (Å²) in [5.41, 5.74) is 1.93. The zero-order valence-electron chi connectivity index (χ0n) is 16.3. The van der Waals surface area contributed by atoms with Gasteiger partial charge in [-0.25, -0.2) is 0 Å². The van der Waals surface area contributed by atoms with Gasteiger partial charge in [-0.3, -0.25) is 24.2 Å². The molecule has 7 nitrogen and oxygen atoms in total. The molecule has 1 fully saturated rings. The van der Waals surface area contributed by atoms with Crippen molar-refractivity contribution in [3.63, 3.8) is 0 Å². The Balaban J connectivity index is 1.30. The molecule has 2 aromatic carbocycles. The van der Waals surface area contributed by atoms with Crippen molar-refractivity contribution in [1.82, 2.24) is 14.7 Å². The molecule has 0 N–H and O–H groups in total. The lowest BCUT2D eigenvalue weighted by Gasteiger charge is -2.35. The predicted octanol–water partition coefficient (Wildman–Crippen LogP) is 1.64. The molecule has 4 rings (SSSR count). The van der Waals surface area contributed by atoms with E-state index in [1.165, 1.54) is 5.56 Å². The fourth-order valence-electron chi connectivity index (χ4n) is 3.76. The molecule has 0 saturated carbocycles. The van der Waals surface area contributed by atoms with Gasteiger partial charge in [0.1, 0.15) is 12.3 Å². The van der Waals surface area contributed by atoms with Gasteiger partial charge >= 0.3 is 0 Å². The Labute approximate surface area is 169 Å². The lowest BCUT2D eigenvalue weighted by atomic mass is 10.1. The number of fused-ring (bicyclic) bond motifs is 1. The van der Waals surface area contributed by atoms with E-state index in [-0.39, 0.29) is 12.5 Å². The minimum atomic E-state index is -0.392. The number of nitrogens with zero attached hydrogens (tertiary/aromatic N) is 3. The summed E-state index contributed by atoms with van der Waals surface area (Å²) in [4.78, 5) is 42.6. The van der Waals surface area contributed by atoms with Crippen LogP contribution in [0.15, 0.2) is 48.5 Å². The van der Waals surface area contributed by atoms with E-state index in [1.54, 1.807) is 36.3 Å². The van der Waals surface area contributed by atoms with Gasteiger partial charge in [0.15, 0.2) is 0 Å². The van der Waals surface area contributed by atoms with Crippen molar-refractivity contribution in [2.24, 2.45) is 0 Å². The molecule has 0 radical (unpaired) electrons. The van der Waals surface area contributed by atoms with Crippen molar-refractivity contribution in [3.8, 4) is 5.75 Å². The summed E-state index contributed by atoms with van der Waals surface area (Å²) < 4.78 is 5.18. The molecule has 29 heavy (non-hydrogen) atoms. The molecule has 150 valence electrons. The second-order valence-corrected chi connectivity index (χ2v) is 7.25. The van der Waals surface area contributed by atoms with E-state index in [1.807, 2.05) is 24.3 Å². The highest BCUT2D eigenvalue weighted by atomic mass is 16.5. The van der Waals surface area contributed by atoms with Gasteiger partial charge in [0.2, 0.25) is 5.91 Å². The van der Waals surface area contributed by atoms with Crippen molar-refractivity contribution in [2.45, 2.75) is 6.54 Å². The molecule has 3 amide bonds. The summed E-state index contributed by atoms with van der Waals surface area (Å²) >= 11 is 0. The van der Waals surface area contributed by atoms with Gasteiger partial charge in [0.25, 0.3) is 11.8 Å². The maximum absolute atomic E-state index is 12.7. The lowest BCUT2D eigenvalue weighted by molar-refractivity contribution is -0.133. The van der Waals surface area contributed by atoms with Crippen LogP contribution in [0.5, 0.6) is 5.75 Å². The topological polar surface area (TPSA) is 70.2 Å². The maximum Gasteiger partial charge on any atom is 0.262 e. The minimum Gasteiger partial charge on any atom is -0.497 e. The number of hydrogen-bond acceptors (Lipinski definition) is 5. The van der Waals surface area contributed by atoms with E-state index in [2.05, 4.69) is 4.90 Å². The SMILES string of the molecule is COc1ccc(CN2CCN(C(=O)CN3C(=O)c4ccccc4C3=O)CC2)cc1. The van der Waals surface area contributed by atoms with E-state index in [0.717, 1.165) is 30.3 Å². The van der Waals surface area contributed by atoms with Crippen molar-refractivity contribution < 1.29 is 19.1 Å². The summed E-state index contributed by atoms with van der Waals surface area (Å²) in [5.74, 6) is -0.143. The fraction of sp³-hybridized carbons (Fsp3) is 0.318. The Hall–Kier alpha value is -3.19. The number of amides is 3. The summed E-state index contributed by atoms with van der Waals surface area (Å²) in [5, 5.41) is 0. The molecule has 1 saturated heterocycles. The molecule has 0 unspecified atom stereocenters. The number of imide groups is 1. The molecule has 0 bridgehead atoms. The maximum atomic E-state index is 12.7. The summed E-state index contributed by atoms with van der Waals surface area (Å²) in [7, 11) is 1.65. The third kappa shape index (κ3) is 3.86. The van der Waals surface area contributed by atoms with Gasteiger partial charge in [-0.15, -0.1) is 0 Å². The summed E-state index contributed by atoms with van der Waals surface area (Å²) in [6.45, 7) is 3.27. The number of methoxy groups -OCH3 is 1. The molecule has 0 aromatic heterocycles. The Morgan fingerprint density at radius 1 is 0.897 bits per heavy atom. The summed E-state index contributed by atoms with van der Waals surface area (Å²) in [6, 6.07) is 14.6. The van der Waals surface area contributed by atoms with Gasteiger partial charge in [0.05, 0.1) is 18.2 Å². The zero-order valence-corrected chi connectivity index (χ0v) is 16.3. The van der Waals surface area contributed by atoms with Crippen LogP contribution in [0, 0.1) is 0 Å². The average molecular weight is 393 g/mol. The Morgan fingerprint density at radius 2 is 1.48 bits per heavy atom. The smallest absolute Gasteiger partial charge is 0.262 e. The van der Waals surface area contributed by atoms with Crippen molar-refractivity contribution in [3.05, 3.63) is 65.2 Å². The highest BCUT2D eigenvalue weighted by Gasteiger charge is 2.37. The van der Waals surface area contributed by atoms with Crippen molar-refractivity contribution in [1.29, 1.82) is 0 Å². The number of benzene rings is 2. The first-order chi connectivity index (χ1) is 14.1. The zero-order chi connectivity index (χ0) is 20.4. The van der Waals surface area contributed by atoms with Crippen LogP contribution < -0.4 is 4.74 Å². The third-order valence-electron chi connectivity index (χ3n) is 5.46. The second kappa shape index (κ2) is 8.05. The number of carbonyl (C=O) groups is 3. The van der Waals surface area contributed by atoms with Gasteiger partial charge in [-0.05, 0) is 29.8 Å². The van der Waals surface area contributed by atoms with Crippen LogP contribution in [-0.4, -0.2) is 72.3 Å². The highest BCUT2D eigenvalue weighted by molar-refractivity contribution is 6.22. The van der Waals surface area contributed by atoms with Gasteiger partial charge in [-0.1, -0.05) is 24.3 Å². The normalized spacial score (nSPS) is 16.9. The highest BCUT2D eigenvalue weighted by Crippen LogP contribution is 2.22. The van der Waals surface area contributed by atoms with E-state index < -0.39 is 11.8 Å². The van der Waals surface area contributed by atoms with E-state index >= 15 is 0 Å². The van der Waals surface area contributed by atoms with Gasteiger partial charge in [0, 0.05) is 32.7 Å². The first-order valence-electron chi connectivity index (χ1n) is 9.65.